The van der Waals surface area contributed by atoms with E-state index in [0.29, 0.717) is 0 Å². The Labute approximate surface area is 135 Å². The average Bonchev–Trinajstić information content (AvgIpc) is 2.66. The van der Waals surface area contributed by atoms with Crippen molar-refractivity contribution in [3.8, 4) is 0 Å². The number of halogens is 1. The quantitative estimate of drug-likeness (QED) is 0.847. The summed E-state index contributed by atoms with van der Waals surface area (Å²) in [5.74, 6) is 0. The molecule has 1 heterocycles. The Morgan fingerprint density at radius 3 is 2.81 bits per heavy atom. The molecule has 0 fully saturated rings. The normalized spacial score (nSPS) is 20.3. The van der Waals surface area contributed by atoms with Gasteiger partial charge in [-0.3, -0.25) is 0 Å². The van der Waals surface area contributed by atoms with E-state index < -0.39 is 0 Å². The molecule has 2 nitrogen and oxygen atoms in total. The molecule has 1 unspecified atom stereocenters. The summed E-state index contributed by atoms with van der Waals surface area (Å²) in [7, 11) is 0. The first kappa shape index (κ1) is 14.9. The van der Waals surface area contributed by atoms with Crippen LogP contribution in [0.4, 0.5) is 0 Å². The fourth-order valence-corrected chi connectivity index (χ4v) is 3.99. The van der Waals surface area contributed by atoms with Crippen LogP contribution >= 0.6 is 15.9 Å². The largest absolute Gasteiger partial charge is 0.344 e. The minimum Gasteiger partial charge on any atom is -0.344 e. The number of benzene rings is 1. The van der Waals surface area contributed by atoms with Gasteiger partial charge in [-0.1, -0.05) is 41.9 Å². The minimum absolute atomic E-state index is 0.172. The summed E-state index contributed by atoms with van der Waals surface area (Å²) in [5.41, 5.74) is 12.1. The Hall–Kier alpha value is -1.06. The van der Waals surface area contributed by atoms with E-state index in [0.717, 1.165) is 23.9 Å². The van der Waals surface area contributed by atoms with Crippen LogP contribution in [0, 0.1) is 12.3 Å². The molecule has 1 aromatic heterocycles. The van der Waals surface area contributed by atoms with Crippen LogP contribution in [-0.4, -0.2) is 4.57 Å². The summed E-state index contributed by atoms with van der Waals surface area (Å²) in [6.07, 6.45) is 2.18. The molecular formula is C18H23BrN2. The van der Waals surface area contributed by atoms with Gasteiger partial charge in [0.15, 0.2) is 0 Å². The second kappa shape index (κ2) is 5.29. The Morgan fingerprint density at radius 1 is 1.33 bits per heavy atom. The molecule has 21 heavy (non-hydrogen) atoms. The van der Waals surface area contributed by atoms with E-state index in [1.165, 1.54) is 22.5 Å². The zero-order valence-electron chi connectivity index (χ0n) is 13.0. The minimum atomic E-state index is 0.172. The summed E-state index contributed by atoms with van der Waals surface area (Å²) in [6.45, 7) is 7.75. The third-order valence-corrected chi connectivity index (χ3v) is 4.99. The number of fused-ring (bicyclic) bond motifs is 1. The highest BCUT2D eigenvalue weighted by molar-refractivity contribution is 9.10. The lowest BCUT2D eigenvalue weighted by atomic mass is 9.74. The van der Waals surface area contributed by atoms with Crippen LogP contribution in [0.15, 0.2) is 34.8 Å². The van der Waals surface area contributed by atoms with Crippen LogP contribution in [-0.2, 0) is 13.0 Å². The van der Waals surface area contributed by atoms with Gasteiger partial charge in [0.1, 0.15) is 0 Å². The Balaban J connectivity index is 2.00. The van der Waals surface area contributed by atoms with E-state index in [1.54, 1.807) is 0 Å². The topological polar surface area (TPSA) is 30.9 Å². The molecule has 0 radical (unpaired) electrons. The van der Waals surface area contributed by atoms with Crippen molar-refractivity contribution < 1.29 is 0 Å². The highest BCUT2D eigenvalue weighted by Crippen LogP contribution is 2.41. The fourth-order valence-electron chi connectivity index (χ4n) is 3.54. The van der Waals surface area contributed by atoms with Gasteiger partial charge in [0.2, 0.25) is 0 Å². The molecule has 1 aliphatic carbocycles. The van der Waals surface area contributed by atoms with Gasteiger partial charge in [-0.05, 0) is 54.5 Å². The van der Waals surface area contributed by atoms with E-state index >= 15 is 0 Å². The molecule has 3 heteroatoms. The predicted molar refractivity (Wildman–Crippen MR) is 91.4 cm³/mol. The van der Waals surface area contributed by atoms with Gasteiger partial charge in [0.25, 0.3) is 0 Å². The number of aromatic nitrogens is 1. The van der Waals surface area contributed by atoms with Crippen LogP contribution in [0.3, 0.4) is 0 Å². The molecule has 0 spiro atoms. The molecule has 2 N–H and O–H groups in total. The molecule has 3 rings (SSSR count). The maximum absolute atomic E-state index is 6.40. The molecular weight excluding hydrogens is 324 g/mol. The van der Waals surface area contributed by atoms with Gasteiger partial charge in [-0.25, -0.2) is 0 Å². The van der Waals surface area contributed by atoms with Gasteiger partial charge in [-0.15, -0.1) is 0 Å². The molecule has 0 aliphatic heterocycles. The highest BCUT2D eigenvalue weighted by atomic mass is 79.9. The first-order valence-corrected chi connectivity index (χ1v) is 8.34. The first-order chi connectivity index (χ1) is 9.85. The molecule has 0 saturated carbocycles. The van der Waals surface area contributed by atoms with Crippen molar-refractivity contribution in [2.24, 2.45) is 11.1 Å². The van der Waals surface area contributed by atoms with Gasteiger partial charge in [-0.2, -0.15) is 0 Å². The smallest absolute Gasteiger partial charge is 0.0475 e. The van der Waals surface area contributed by atoms with Crippen LogP contribution < -0.4 is 5.73 Å². The Kier molecular flexibility index (Phi) is 3.74. The Bertz CT molecular complexity index is 670. The van der Waals surface area contributed by atoms with E-state index in [9.17, 15) is 0 Å². The van der Waals surface area contributed by atoms with Gasteiger partial charge in [0, 0.05) is 28.4 Å². The monoisotopic (exact) mass is 346 g/mol. The molecule has 0 amide bonds. The Morgan fingerprint density at radius 2 is 2.10 bits per heavy atom. The van der Waals surface area contributed by atoms with Crippen molar-refractivity contribution >= 4 is 15.9 Å². The van der Waals surface area contributed by atoms with E-state index in [1.807, 2.05) is 0 Å². The van der Waals surface area contributed by atoms with Crippen LogP contribution in [0.25, 0.3) is 0 Å². The summed E-state index contributed by atoms with van der Waals surface area (Å²) in [4.78, 5) is 0. The molecule has 1 aromatic carbocycles. The molecule has 0 saturated heterocycles. The standard InChI is InChI=1S/C18H23BrN2/c1-12-7-15-16(20)9-18(2,3)10-17(15)21(12)11-13-5-4-6-14(19)8-13/h4-8,16H,9-11,20H2,1-3H3. The second-order valence-electron chi connectivity index (χ2n) is 7.06. The summed E-state index contributed by atoms with van der Waals surface area (Å²) < 4.78 is 3.58. The number of aryl methyl sites for hydroxylation is 1. The maximum Gasteiger partial charge on any atom is 0.0475 e. The molecule has 0 bridgehead atoms. The van der Waals surface area contributed by atoms with Crippen molar-refractivity contribution in [3.63, 3.8) is 0 Å². The van der Waals surface area contributed by atoms with Crippen LogP contribution in [0.5, 0.6) is 0 Å². The van der Waals surface area contributed by atoms with Crippen LogP contribution in [0.1, 0.15) is 48.8 Å². The van der Waals surface area contributed by atoms with Gasteiger partial charge >= 0.3 is 0 Å². The number of nitrogens with zero attached hydrogens (tertiary/aromatic N) is 1. The summed E-state index contributed by atoms with van der Waals surface area (Å²) in [5, 5.41) is 0. The second-order valence-corrected chi connectivity index (χ2v) is 7.97. The van der Waals surface area contributed by atoms with Crippen molar-refractivity contribution in [1.82, 2.24) is 4.57 Å². The molecule has 1 aliphatic rings. The lowest BCUT2D eigenvalue weighted by Crippen LogP contribution is -2.30. The molecule has 2 aromatic rings. The third kappa shape index (κ3) is 2.95. The SMILES string of the molecule is Cc1cc2c(n1Cc1cccc(Br)c1)CC(C)(C)CC2N. The van der Waals surface area contributed by atoms with Crippen molar-refractivity contribution in [1.29, 1.82) is 0 Å². The van der Waals surface area contributed by atoms with E-state index in [4.69, 9.17) is 5.73 Å². The number of hydrogen-bond acceptors (Lipinski definition) is 1. The molecule has 112 valence electrons. The van der Waals surface area contributed by atoms with Gasteiger partial charge in [0.05, 0.1) is 0 Å². The fraction of sp³-hybridized carbons (Fsp3) is 0.444. The average molecular weight is 347 g/mol. The van der Waals surface area contributed by atoms with E-state index in [2.05, 4.69) is 71.6 Å². The first-order valence-electron chi connectivity index (χ1n) is 7.55. The zero-order valence-corrected chi connectivity index (χ0v) is 14.6. The number of nitrogens with two attached hydrogens (primary N) is 1. The lowest BCUT2D eigenvalue weighted by molar-refractivity contribution is 0.276. The maximum atomic E-state index is 6.40. The predicted octanol–water partition coefficient (Wildman–Crippen LogP) is 4.58. The summed E-state index contributed by atoms with van der Waals surface area (Å²) in [6, 6.07) is 11.0. The van der Waals surface area contributed by atoms with E-state index in [-0.39, 0.29) is 11.5 Å². The van der Waals surface area contributed by atoms with Crippen molar-refractivity contribution in [3.05, 3.63) is 57.3 Å². The molecule has 1 atom stereocenters. The zero-order chi connectivity index (χ0) is 15.2. The van der Waals surface area contributed by atoms with Gasteiger partial charge < -0.3 is 10.3 Å². The van der Waals surface area contributed by atoms with Crippen molar-refractivity contribution in [2.75, 3.05) is 0 Å². The van der Waals surface area contributed by atoms with Crippen molar-refractivity contribution in [2.45, 2.75) is 46.2 Å². The van der Waals surface area contributed by atoms with Crippen LogP contribution in [0.2, 0.25) is 0 Å². The lowest BCUT2D eigenvalue weighted by Gasteiger charge is -2.34. The number of hydrogen-bond donors (Lipinski definition) is 1. The third-order valence-electron chi connectivity index (χ3n) is 4.50. The highest BCUT2D eigenvalue weighted by Gasteiger charge is 2.33. The summed E-state index contributed by atoms with van der Waals surface area (Å²) >= 11 is 3.56. The number of rotatable bonds is 2.